The molecule has 0 aromatic heterocycles. The molecule has 0 spiro atoms. The Labute approximate surface area is 152 Å². The van der Waals surface area contributed by atoms with Crippen LogP contribution in [0.4, 0.5) is 0 Å². The summed E-state index contributed by atoms with van der Waals surface area (Å²) in [6.45, 7) is 1.32. The minimum Gasteiger partial charge on any atom is -0.507 e. The maximum Gasteiger partial charge on any atom is 0.308 e. The minimum atomic E-state index is -0.468. The van der Waals surface area contributed by atoms with Crippen molar-refractivity contribution in [2.24, 2.45) is 0 Å². The van der Waals surface area contributed by atoms with Crippen LogP contribution in [0.3, 0.4) is 0 Å². The van der Waals surface area contributed by atoms with E-state index in [9.17, 15) is 9.90 Å². The van der Waals surface area contributed by atoms with Gasteiger partial charge in [0.05, 0.1) is 25.3 Å². The zero-order valence-electron chi connectivity index (χ0n) is 15.2. The molecular weight excluding hydrogens is 332 g/mol. The van der Waals surface area contributed by atoms with Gasteiger partial charge in [0, 0.05) is 12.5 Å². The van der Waals surface area contributed by atoms with E-state index < -0.39 is 5.97 Å². The first kappa shape index (κ1) is 17.9. The predicted molar refractivity (Wildman–Crippen MR) is 99.8 cm³/mol. The molecule has 1 N–H and O–H groups in total. The largest absolute Gasteiger partial charge is 0.507 e. The summed E-state index contributed by atoms with van der Waals surface area (Å²) in [5, 5.41) is 10.5. The second kappa shape index (κ2) is 7.52. The van der Waals surface area contributed by atoms with Gasteiger partial charge in [0.15, 0.2) is 0 Å². The summed E-state index contributed by atoms with van der Waals surface area (Å²) in [4.78, 5) is 11.5. The highest BCUT2D eigenvalue weighted by atomic mass is 16.5. The zero-order chi connectivity index (χ0) is 18.7. The molecule has 0 saturated heterocycles. The van der Waals surface area contributed by atoms with E-state index in [-0.39, 0.29) is 11.5 Å². The van der Waals surface area contributed by atoms with Crippen LogP contribution in [0.5, 0.6) is 23.0 Å². The van der Waals surface area contributed by atoms with E-state index in [1.807, 2.05) is 12.1 Å². The number of carbonyl (C=O) groups is 1. The van der Waals surface area contributed by atoms with E-state index in [4.69, 9.17) is 14.2 Å². The number of hydrogen-bond donors (Lipinski definition) is 1. The molecule has 0 bridgehead atoms. The first-order chi connectivity index (χ1) is 12.6. The Bertz CT molecular complexity index is 867. The van der Waals surface area contributed by atoms with E-state index in [2.05, 4.69) is 6.08 Å². The molecule has 0 heterocycles. The molecule has 0 aliphatic heterocycles. The summed E-state index contributed by atoms with van der Waals surface area (Å²) in [7, 11) is 3.14. The van der Waals surface area contributed by atoms with Gasteiger partial charge in [0.1, 0.15) is 23.0 Å². The highest BCUT2D eigenvalue weighted by Gasteiger charge is 2.25. The molecule has 0 fully saturated rings. The minimum absolute atomic E-state index is 0.0158. The van der Waals surface area contributed by atoms with Crippen LogP contribution in [0, 0.1) is 0 Å². The SMILES string of the molecule is COc1ccc(C2=CCCC2)c(OC)c1-c1c(O)cccc1OC(C)=O. The Balaban J connectivity index is 2.30. The number of rotatable bonds is 5. The number of esters is 1. The fourth-order valence-corrected chi connectivity index (χ4v) is 3.36. The Morgan fingerprint density at radius 1 is 1.04 bits per heavy atom. The normalized spacial score (nSPS) is 13.3. The van der Waals surface area contributed by atoms with Crippen LogP contribution in [0.15, 0.2) is 36.4 Å². The lowest BCUT2D eigenvalue weighted by Crippen LogP contribution is -2.04. The second-order valence-corrected chi connectivity index (χ2v) is 6.09. The summed E-state index contributed by atoms with van der Waals surface area (Å²) in [5.41, 5.74) is 3.10. The highest BCUT2D eigenvalue weighted by molar-refractivity contribution is 5.91. The molecule has 5 heteroatoms. The smallest absolute Gasteiger partial charge is 0.308 e. The van der Waals surface area contributed by atoms with E-state index in [1.165, 1.54) is 12.5 Å². The van der Waals surface area contributed by atoms with E-state index >= 15 is 0 Å². The van der Waals surface area contributed by atoms with Gasteiger partial charge in [-0.15, -0.1) is 0 Å². The molecule has 0 atom stereocenters. The van der Waals surface area contributed by atoms with Gasteiger partial charge < -0.3 is 19.3 Å². The fraction of sp³-hybridized carbons (Fsp3) is 0.286. The molecule has 1 aliphatic carbocycles. The number of allylic oxidation sites excluding steroid dienone is 2. The van der Waals surface area contributed by atoms with Crippen LogP contribution in [0.2, 0.25) is 0 Å². The molecule has 0 saturated carbocycles. The lowest BCUT2D eigenvalue weighted by Gasteiger charge is -2.20. The molecule has 2 aromatic carbocycles. The molecule has 0 unspecified atom stereocenters. The highest BCUT2D eigenvalue weighted by Crippen LogP contribution is 2.50. The summed E-state index contributed by atoms with van der Waals surface area (Å²) in [6.07, 6.45) is 5.32. The van der Waals surface area contributed by atoms with Crippen molar-refractivity contribution in [3.8, 4) is 34.1 Å². The van der Waals surface area contributed by atoms with Crippen molar-refractivity contribution >= 4 is 11.5 Å². The maximum absolute atomic E-state index is 11.5. The zero-order valence-corrected chi connectivity index (χ0v) is 15.2. The van der Waals surface area contributed by atoms with Crippen LogP contribution in [0.25, 0.3) is 16.7 Å². The number of carbonyl (C=O) groups excluding carboxylic acids is 1. The summed E-state index contributed by atoms with van der Waals surface area (Å²) < 4.78 is 16.6. The van der Waals surface area contributed by atoms with Crippen LogP contribution in [-0.2, 0) is 4.79 Å². The summed E-state index contributed by atoms with van der Waals surface area (Å²) in [6, 6.07) is 8.61. The lowest BCUT2D eigenvalue weighted by molar-refractivity contribution is -0.131. The van der Waals surface area contributed by atoms with Crippen LogP contribution in [-0.4, -0.2) is 25.3 Å². The molecule has 2 aromatic rings. The van der Waals surface area contributed by atoms with E-state index in [0.29, 0.717) is 22.6 Å². The predicted octanol–water partition coefficient (Wildman–Crippen LogP) is 4.57. The number of ether oxygens (including phenoxy) is 3. The third kappa shape index (κ3) is 3.25. The second-order valence-electron chi connectivity index (χ2n) is 6.09. The van der Waals surface area contributed by atoms with Gasteiger partial charge in [-0.05, 0) is 49.1 Å². The maximum atomic E-state index is 11.5. The molecule has 5 nitrogen and oxygen atoms in total. The van der Waals surface area contributed by atoms with Gasteiger partial charge in [0.2, 0.25) is 0 Å². The molecule has 0 radical (unpaired) electrons. The topological polar surface area (TPSA) is 65.0 Å². The Morgan fingerprint density at radius 3 is 2.46 bits per heavy atom. The average molecular weight is 354 g/mol. The van der Waals surface area contributed by atoms with E-state index in [1.54, 1.807) is 32.4 Å². The lowest BCUT2D eigenvalue weighted by atomic mass is 9.94. The summed E-state index contributed by atoms with van der Waals surface area (Å²) >= 11 is 0. The first-order valence-corrected chi connectivity index (χ1v) is 8.52. The molecular formula is C21H22O5. The van der Waals surface area contributed by atoms with Crippen molar-refractivity contribution in [2.45, 2.75) is 26.2 Å². The molecule has 1 aliphatic rings. The molecule has 0 amide bonds. The van der Waals surface area contributed by atoms with Gasteiger partial charge in [-0.2, -0.15) is 0 Å². The van der Waals surface area contributed by atoms with Crippen molar-refractivity contribution in [3.05, 3.63) is 42.0 Å². The number of phenolic OH excluding ortho intramolecular Hbond substituents is 1. The van der Waals surface area contributed by atoms with Gasteiger partial charge in [0.25, 0.3) is 0 Å². The Hall–Kier alpha value is -2.95. The van der Waals surface area contributed by atoms with Crippen molar-refractivity contribution in [3.63, 3.8) is 0 Å². The van der Waals surface area contributed by atoms with Gasteiger partial charge in [-0.1, -0.05) is 12.1 Å². The summed E-state index contributed by atoms with van der Waals surface area (Å²) in [5.74, 6) is 0.889. The molecule has 136 valence electrons. The number of phenols is 1. The molecule has 26 heavy (non-hydrogen) atoms. The first-order valence-electron chi connectivity index (χ1n) is 8.52. The van der Waals surface area contributed by atoms with Crippen LogP contribution >= 0.6 is 0 Å². The number of benzene rings is 2. The molecule has 3 rings (SSSR count). The van der Waals surface area contributed by atoms with Gasteiger partial charge in [-0.25, -0.2) is 0 Å². The standard InChI is InChI=1S/C21H22O5/c1-13(22)26-18-10-6-9-16(23)19(18)20-17(24-2)12-11-15(21(20)25-3)14-7-4-5-8-14/h6-7,9-12,23H,4-5,8H2,1-3H3. The average Bonchev–Trinajstić information content (AvgIpc) is 3.15. The van der Waals surface area contributed by atoms with Gasteiger partial charge in [-0.3, -0.25) is 4.79 Å². The quantitative estimate of drug-likeness (QED) is 0.629. The third-order valence-corrected chi connectivity index (χ3v) is 4.44. The van der Waals surface area contributed by atoms with Crippen molar-refractivity contribution in [1.29, 1.82) is 0 Å². The monoisotopic (exact) mass is 354 g/mol. The van der Waals surface area contributed by atoms with Crippen LogP contribution < -0.4 is 14.2 Å². The number of hydrogen-bond acceptors (Lipinski definition) is 5. The third-order valence-electron chi connectivity index (χ3n) is 4.44. The Kier molecular flexibility index (Phi) is 5.16. The van der Waals surface area contributed by atoms with Crippen LogP contribution in [0.1, 0.15) is 31.7 Å². The van der Waals surface area contributed by atoms with E-state index in [0.717, 1.165) is 24.8 Å². The fourth-order valence-electron chi connectivity index (χ4n) is 3.36. The Morgan fingerprint density at radius 2 is 1.85 bits per heavy atom. The van der Waals surface area contributed by atoms with Crippen molar-refractivity contribution in [2.75, 3.05) is 14.2 Å². The number of aromatic hydroxyl groups is 1. The van der Waals surface area contributed by atoms with Gasteiger partial charge >= 0.3 is 5.97 Å². The van der Waals surface area contributed by atoms with Crippen molar-refractivity contribution in [1.82, 2.24) is 0 Å². The number of methoxy groups -OCH3 is 2. The van der Waals surface area contributed by atoms with Crippen molar-refractivity contribution < 1.29 is 24.1 Å².